The number of aromatic nitrogens is 2. The van der Waals surface area contributed by atoms with Crippen molar-refractivity contribution in [3.63, 3.8) is 0 Å². The van der Waals surface area contributed by atoms with Gasteiger partial charge < -0.3 is 14.7 Å². The third kappa shape index (κ3) is 3.54. The second-order valence-corrected chi connectivity index (χ2v) is 6.53. The maximum absolute atomic E-state index is 12.1. The molecule has 0 atom stereocenters. The molecule has 0 spiro atoms. The minimum atomic E-state index is -0.919. The third-order valence-electron chi connectivity index (χ3n) is 2.77. The molecule has 0 aliphatic heterocycles. The topological polar surface area (TPSA) is 67.1 Å². The number of fused-ring (bicyclic) bond motifs is 1. The summed E-state index contributed by atoms with van der Waals surface area (Å²) >= 11 is 3.44. The van der Waals surface area contributed by atoms with E-state index in [1.54, 1.807) is 44.7 Å². The zero-order valence-electron chi connectivity index (χ0n) is 12.4. The van der Waals surface area contributed by atoms with Gasteiger partial charge in [-0.1, -0.05) is 0 Å². The smallest absolute Gasteiger partial charge is 0.257 e. The third-order valence-corrected chi connectivity index (χ3v) is 3.37. The van der Waals surface area contributed by atoms with Crippen molar-refractivity contribution in [2.75, 3.05) is 20.7 Å². The van der Waals surface area contributed by atoms with Crippen LogP contribution in [0.2, 0.25) is 0 Å². The molecule has 21 heavy (non-hydrogen) atoms. The van der Waals surface area contributed by atoms with Gasteiger partial charge in [0.05, 0.1) is 29.1 Å². The number of nitrogens with zero attached hydrogens (tertiary/aromatic N) is 3. The van der Waals surface area contributed by atoms with E-state index < -0.39 is 5.60 Å². The van der Waals surface area contributed by atoms with Crippen LogP contribution in [0, 0.1) is 0 Å². The van der Waals surface area contributed by atoms with E-state index in [0.29, 0.717) is 21.3 Å². The van der Waals surface area contributed by atoms with Gasteiger partial charge in [0.2, 0.25) is 0 Å². The molecule has 0 unspecified atom stereocenters. The number of carbonyl (C=O) groups excluding carboxylic acids is 1. The first-order valence-electron chi connectivity index (χ1n) is 6.43. The maximum atomic E-state index is 12.1. The highest BCUT2D eigenvalue weighted by molar-refractivity contribution is 9.10. The molecule has 0 fully saturated rings. The highest BCUT2D eigenvalue weighted by Gasteiger charge is 2.19. The number of halogens is 1. The van der Waals surface area contributed by atoms with Crippen LogP contribution in [0.3, 0.4) is 0 Å². The Morgan fingerprint density at radius 2 is 2.19 bits per heavy atom. The second kappa shape index (κ2) is 5.65. The first kappa shape index (κ1) is 15.8. The summed E-state index contributed by atoms with van der Waals surface area (Å²) in [7, 11) is 3.39. The molecule has 2 rings (SSSR count). The van der Waals surface area contributed by atoms with Crippen molar-refractivity contribution in [3.8, 4) is 5.75 Å². The van der Waals surface area contributed by atoms with Gasteiger partial charge in [-0.3, -0.25) is 4.79 Å². The van der Waals surface area contributed by atoms with E-state index in [1.165, 1.54) is 11.1 Å². The van der Waals surface area contributed by atoms with Crippen LogP contribution in [0.5, 0.6) is 5.75 Å². The summed E-state index contributed by atoms with van der Waals surface area (Å²) in [4.78, 5) is 13.6. The zero-order chi connectivity index (χ0) is 15.8. The number of pyridine rings is 1. The summed E-state index contributed by atoms with van der Waals surface area (Å²) < 4.78 is 7.83. The minimum Gasteiger partial charge on any atom is -0.489 e. The van der Waals surface area contributed by atoms with Gasteiger partial charge in [-0.25, -0.2) is 4.52 Å². The Morgan fingerprint density at radius 1 is 1.52 bits per heavy atom. The van der Waals surface area contributed by atoms with Crippen molar-refractivity contribution >= 4 is 27.4 Å². The van der Waals surface area contributed by atoms with Crippen molar-refractivity contribution in [2.45, 2.75) is 19.4 Å². The average molecular weight is 356 g/mol. The Hall–Kier alpha value is -1.60. The van der Waals surface area contributed by atoms with E-state index in [-0.39, 0.29) is 12.5 Å². The van der Waals surface area contributed by atoms with Crippen LogP contribution in [0.25, 0.3) is 5.52 Å². The molecule has 0 saturated carbocycles. The van der Waals surface area contributed by atoms with Gasteiger partial charge in [0, 0.05) is 18.6 Å². The van der Waals surface area contributed by atoms with Crippen molar-refractivity contribution in [3.05, 3.63) is 28.5 Å². The summed E-state index contributed by atoms with van der Waals surface area (Å²) in [6.45, 7) is 3.50. The number of aliphatic hydroxyl groups is 1. The van der Waals surface area contributed by atoms with E-state index in [0.717, 1.165) is 0 Å². The second-order valence-electron chi connectivity index (χ2n) is 5.68. The number of ether oxygens (including phenoxy) is 1. The van der Waals surface area contributed by atoms with Crippen LogP contribution in [0.1, 0.15) is 24.2 Å². The number of rotatable bonds is 4. The van der Waals surface area contributed by atoms with Crippen molar-refractivity contribution in [1.29, 1.82) is 0 Å². The molecule has 0 saturated heterocycles. The molecule has 7 heteroatoms. The zero-order valence-corrected chi connectivity index (χ0v) is 14.0. The van der Waals surface area contributed by atoms with Crippen LogP contribution in [-0.4, -0.2) is 51.8 Å². The number of amides is 1. The molecule has 6 nitrogen and oxygen atoms in total. The molecular formula is C14H18BrN3O3. The number of hydrogen-bond acceptors (Lipinski definition) is 4. The van der Waals surface area contributed by atoms with Gasteiger partial charge in [-0.15, -0.1) is 0 Å². The summed E-state index contributed by atoms with van der Waals surface area (Å²) in [5, 5.41) is 13.9. The molecule has 2 heterocycles. The Kier molecular flexibility index (Phi) is 4.25. The standard InChI is InChI=1S/C14H18BrN3O3/c1-14(2,20)8-21-9-5-11(15)12-10(13(19)17(3)4)6-16-18(12)7-9/h5-7,20H,8H2,1-4H3. The number of hydrogen-bond donors (Lipinski definition) is 1. The summed E-state index contributed by atoms with van der Waals surface area (Å²) in [5.74, 6) is 0.444. The van der Waals surface area contributed by atoms with E-state index >= 15 is 0 Å². The van der Waals surface area contributed by atoms with Gasteiger partial charge in [0.25, 0.3) is 5.91 Å². The predicted molar refractivity (Wildman–Crippen MR) is 82.7 cm³/mol. The maximum Gasteiger partial charge on any atom is 0.257 e. The summed E-state index contributed by atoms with van der Waals surface area (Å²) in [6.07, 6.45) is 3.21. The lowest BCUT2D eigenvalue weighted by Crippen LogP contribution is -2.27. The van der Waals surface area contributed by atoms with E-state index in [1.807, 2.05) is 0 Å². The molecule has 0 aliphatic carbocycles. The minimum absolute atomic E-state index is 0.115. The van der Waals surface area contributed by atoms with Crippen LogP contribution in [0.15, 0.2) is 22.9 Å². The Bertz CT molecular complexity index is 674. The molecule has 2 aromatic rings. The van der Waals surface area contributed by atoms with Crippen LogP contribution in [0.4, 0.5) is 0 Å². The van der Waals surface area contributed by atoms with Gasteiger partial charge in [0.1, 0.15) is 12.4 Å². The quantitative estimate of drug-likeness (QED) is 0.909. The predicted octanol–water partition coefficient (Wildman–Crippen LogP) is 1.95. The van der Waals surface area contributed by atoms with E-state index in [4.69, 9.17) is 4.74 Å². The monoisotopic (exact) mass is 355 g/mol. The largest absolute Gasteiger partial charge is 0.489 e. The first-order valence-corrected chi connectivity index (χ1v) is 7.22. The number of carbonyl (C=O) groups is 1. The van der Waals surface area contributed by atoms with Crippen LogP contribution >= 0.6 is 15.9 Å². The summed E-state index contributed by atoms with van der Waals surface area (Å²) in [5.41, 5.74) is 0.280. The molecule has 0 aliphatic rings. The highest BCUT2D eigenvalue weighted by Crippen LogP contribution is 2.27. The molecule has 0 aromatic carbocycles. The lowest BCUT2D eigenvalue weighted by atomic mass is 10.2. The molecular weight excluding hydrogens is 338 g/mol. The Morgan fingerprint density at radius 3 is 2.76 bits per heavy atom. The van der Waals surface area contributed by atoms with Crippen LogP contribution < -0.4 is 4.74 Å². The Balaban J connectivity index is 2.38. The lowest BCUT2D eigenvalue weighted by Gasteiger charge is -2.18. The van der Waals surface area contributed by atoms with Crippen LogP contribution in [-0.2, 0) is 0 Å². The lowest BCUT2D eigenvalue weighted by molar-refractivity contribution is 0.0283. The fourth-order valence-electron chi connectivity index (χ4n) is 1.79. The van der Waals surface area contributed by atoms with Gasteiger partial charge in [-0.2, -0.15) is 5.10 Å². The highest BCUT2D eigenvalue weighted by atomic mass is 79.9. The van der Waals surface area contributed by atoms with Gasteiger partial charge >= 0.3 is 0 Å². The molecule has 2 aromatic heterocycles. The average Bonchev–Trinajstić information content (AvgIpc) is 2.78. The molecule has 0 radical (unpaired) electrons. The fraction of sp³-hybridized carbons (Fsp3) is 0.429. The van der Waals surface area contributed by atoms with Crippen molar-refractivity contribution < 1.29 is 14.6 Å². The normalized spacial score (nSPS) is 11.7. The van der Waals surface area contributed by atoms with Gasteiger partial charge in [-0.05, 0) is 35.8 Å². The van der Waals surface area contributed by atoms with Crippen molar-refractivity contribution in [1.82, 2.24) is 14.5 Å². The van der Waals surface area contributed by atoms with E-state index in [2.05, 4.69) is 21.0 Å². The first-order chi connectivity index (χ1) is 9.69. The van der Waals surface area contributed by atoms with E-state index in [9.17, 15) is 9.90 Å². The Labute approximate surface area is 131 Å². The van der Waals surface area contributed by atoms with Crippen molar-refractivity contribution in [2.24, 2.45) is 0 Å². The molecule has 0 bridgehead atoms. The molecule has 1 amide bonds. The summed E-state index contributed by atoms with van der Waals surface area (Å²) in [6, 6.07) is 1.76. The fourth-order valence-corrected chi connectivity index (χ4v) is 2.41. The molecule has 114 valence electrons. The van der Waals surface area contributed by atoms with Gasteiger partial charge in [0.15, 0.2) is 0 Å². The molecule has 1 N–H and O–H groups in total. The SMILES string of the molecule is CN(C)C(=O)c1cnn2cc(OCC(C)(C)O)cc(Br)c12.